The maximum absolute atomic E-state index is 13.0. The number of esters is 1. The molecule has 1 atom stereocenters. The van der Waals surface area contributed by atoms with Gasteiger partial charge in [-0.05, 0) is 25.8 Å². The topological polar surface area (TPSA) is 117 Å². The van der Waals surface area contributed by atoms with Crippen LogP contribution in [0, 0.1) is 10.1 Å². The summed E-state index contributed by atoms with van der Waals surface area (Å²) in [6.07, 6.45) is 2.99. The van der Waals surface area contributed by atoms with Crippen molar-refractivity contribution in [2.45, 2.75) is 32.1 Å². The van der Waals surface area contributed by atoms with Crippen molar-refractivity contribution < 1.29 is 28.7 Å². The van der Waals surface area contributed by atoms with E-state index in [0.717, 1.165) is 0 Å². The van der Waals surface area contributed by atoms with Gasteiger partial charge in [0.2, 0.25) is 0 Å². The number of carbonyl (C=O) groups excluding carboxylic acids is 2. The first-order valence-electron chi connectivity index (χ1n) is 9.76. The number of rotatable bonds is 7. The van der Waals surface area contributed by atoms with Gasteiger partial charge in [-0.25, -0.2) is 4.79 Å². The molecule has 1 aromatic rings. The Morgan fingerprint density at radius 1 is 1.29 bits per heavy atom. The SMILES string of the molecule is C=CCOC(=O)C1=C(C)NC2=C(C(=O)CCC2)C1c1cc(OC)c(OC)cc1[N+](=O)[O-]. The van der Waals surface area contributed by atoms with Crippen molar-refractivity contribution >= 4 is 17.4 Å². The second-order valence-electron chi connectivity index (χ2n) is 7.18. The summed E-state index contributed by atoms with van der Waals surface area (Å²) in [7, 11) is 2.78. The average molecular weight is 428 g/mol. The average Bonchev–Trinajstić information content (AvgIpc) is 2.75. The Morgan fingerprint density at radius 2 is 1.97 bits per heavy atom. The summed E-state index contributed by atoms with van der Waals surface area (Å²) in [4.78, 5) is 37.3. The summed E-state index contributed by atoms with van der Waals surface area (Å²) in [5, 5.41) is 15.1. The Bertz CT molecular complexity index is 1020. The van der Waals surface area contributed by atoms with Crippen LogP contribution in [0.25, 0.3) is 0 Å². The van der Waals surface area contributed by atoms with Gasteiger partial charge in [0.15, 0.2) is 17.3 Å². The van der Waals surface area contributed by atoms with Gasteiger partial charge in [-0.3, -0.25) is 14.9 Å². The minimum atomic E-state index is -0.971. The van der Waals surface area contributed by atoms with Crippen molar-refractivity contribution in [3.63, 3.8) is 0 Å². The van der Waals surface area contributed by atoms with Gasteiger partial charge in [0.1, 0.15) is 6.61 Å². The first-order chi connectivity index (χ1) is 14.8. The Labute approximate surface area is 179 Å². The number of nitrogens with zero attached hydrogens (tertiary/aromatic N) is 1. The van der Waals surface area contributed by atoms with Crippen LogP contribution in [0.1, 0.15) is 37.7 Å². The molecule has 9 nitrogen and oxygen atoms in total. The van der Waals surface area contributed by atoms with Gasteiger partial charge < -0.3 is 19.5 Å². The third-order valence-electron chi connectivity index (χ3n) is 5.37. The zero-order valence-corrected chi connectivity index (χ0v) is 17.6. The number of allylic oxidation sites excluding steroid dienone is 3. The second kappa shape index (κ2) is 9.03. The molecule has 2 aliphatic rings. The third-order valence-corrected chi connectivity index (χ3v) is 5.37. The molecule has 0 aromatic heterocycles. The van der Waals surface area contributed by atoms with Gasteiger partial charge in [-0.15, -0.1) is 0 Å². The van der Waals surface area contributed by atoms with Crippen molar-refractivity contribution in [1.82, 2.24) is 5.32 Å². The van der Waals surface area contributed by atoms with E-state index in [4.69, 9.17) is 14.2 Å². The summed E-state index contributed by atoms with van der Waals surface area (Å²) in [6.45, 7) is 5.19. The molecule has 1 heterocycles. The maximum Gasteiger partial charge on any atom is 0.337 e. The summed E-state index contributed by atoms with van der Waals surface area (Å²) >= 11 is 0. The predicted octanol–water partition coefficient (Wildman–Crippen LogP) is 3.31. The largest absolute Gasteiger partial charge is 0.493 e. The lowest BCUT2D eigenvalue weighted by atomic mass is 9.74. The highest BCUT2D eigenvalue weighted by Gasteiger charge is 2.42. The van der Waals surface area contributed by atoms with Crippen molar-refractivity contribution in [3.8, 4) is 11.5 Å². The number of ether oxygens (including phenoxy) is 3. The molecule has 164 valence electrons. The van der Waals surface area contributed by atoms with E-state index in [2.05, 4.69) is 11.9 Å². The molecule has 0 saturated heterocycles. The third kappa shape index (κ3) is 4.03. The molecule has 0 bridgehead atoms. The van der Waals surface area contributed by atoms with Gasteiger partial charge >= 0.3 is 5.97 Å². The Kier molecular flexibility index (Phi) is 6.43. The van der Waals surface area contributed by atoms with Crippen molar-refractivity contribution in [2.24, 2.45) is 0 Å². The predicted molar refractivity (Wildman–Crippen MR) is 112 cm³/mol. The summed E-state index contributed by atoms with van der Waals surface area (Å²) in [5.41, 5.74) is 1.52. The van der Waals surface area contributed by atoms with Crippen LogP contribution in [0.3, 0.4) is 0 Å². The van der Waals surface area contributed by atoms with Crippen LogP contribution in [0.5, 0.6) is 11.5 Å². The number of benzene rings is 1. The highest BCUT2D eigenvalue weighted by Crippen LogP contribution is 2.47. The van der Waals surface area contributed by atoms with Crippen LogP contribution in [0.4, 0.5) is 5.69 Å². The minimum Gasteiger partial charge on any atom is -0.493 e. The fraction of sp³-hybridized carbons (Fsp3) is 0.364. The van der Waals surface area contributed by atoms with Crippen molar-refractivity contribution in [3.05, 3.63) is 63.0 Å². The van der Waals surface area contributed by atoms with Gasteiger partial charge in [0, 0.05) is 29.0 Å². The van der Waals surface area contributed by atoms with Gasteiger partial charge in [0.25, 0.3) is 5.69 Å². The van der Waals surface area contributed by atoms with E-state index in [0.29, 0.717) is 36.2 Å². The first kappa shape index (κ1) is 22.1. The summed E-state index contributed by atoms with van der Waals surface area (Å²) < 4.78 is 15.8. The number of methoxy groups -OCH3 is 2. The molecule has 3 rings (SSSR count). The van der Waals surface area contributed by atoms with Crippen LogP contribution in [0.15, 0.2) is 47.3 Å². The number of carbonyl (C=O) groups is 2. The molecule has 0 spiro atoms. The molecular weight excluding hydrogens is 404 g/mol. The number of ketones is 1. The van der Waals surface area contributed by atoms with Crippen LogP contribution in [-0.4, -0.2) is 37.5 Å². The number of nitrogens with one attached hydrogen (secondary N) is 1. The molecule has 0 fully saturated rings. The molecule has 31 heavy (non-hydrogen) atoms. The van der Waals surface area contributed by atoms with E-state index in [1.807, 2.05) is 0 Å². The molecular formula is C22H24N2O7. The van der Waals surface area contributed by atoms with Crippen molar-refractivity contribution in [1.29, 1.82) is 0 Å². The molecule has 1 aromatic carbocycles. The highest BCUT2D eigenvalue weighted by molar-refractivity contribution is 6.04. The number of nitro groups is 1. The molecule has 0 radical (unpaired) electrons. The Hall–Kier alpha value is -3.62. The van der Waals surface area contributed by atoms with Gasteiger partial charge in [-0.2, -0.15) is 0 Å². The molecule has 1 N–H and O–H groups in total. The summed E-state index contributed by atoms with van der Waals surface area (Å²) in [5.74, 6) is -1.38. The quantitative estimate of drug-likeness (QED) is 0.304. The van der Waals surface area contributed by atoms with Gasteiger partial charge in [-0.1, -0.05) is 12.7 Å². The maximum atomic E-state index is 13.0. The lowest BCUT2D eigenvalue weighted by Crippen LogP contribution is -2.34. The van der Waals surface area contributed by atoms with Crippen LogP contribution in [-0.2, 0) is 14.3 Å². The fourth-order valence-corrected chi connectivity index (χ4v) is 4.05. The highest BCUT2D eigenvalue weighted by atomic mass is 16.6. The molecule has 0 amide bonds. The molecule has 1 aliphatic carbocycles. The first-order valence-corrected chi connectivity index (χ1v) is 9.76. The van der Waals surface area contributed by atoms with Crippen LogP contribution >= 0.6 is 0 Å². The monoisotopic (exact) mass is 428 g/mol. The molecule has 0 saturated carbocycles. The number of Topliss-reactive ketones (excluding diaryl/α,β-unsaturated/α-hetero) is 1. The number of hydrogen-bond acceptors (Lipinski definition) is 8. The van der Waals surface area contributed by atoms with Crippen LogP contribution < -0.4 is 14.8 Å². The number of dihydropyridines is 1. The lowest BCUT2D eigenvalue weighted by Gasteiger charge is -2.34. The van der Waals surface area contributed by atoms with E-state index in [-0.39, 0.29) is 40.7 Å². The number of hydrogen-bond donors (Lipinski definition) is 1. The molecule has 9 heteroatoms. The number of nitro benzene ring substituents is 1. The fourth-order valence-electron chi connectivity index (χ4n) is 4.05. The zero-order valence-electron chi connectivity index (χ0n) is 17.6. The lowest BCUT2D eigenvalue weighted by molar-refractivity contribution is -0.385. The van der Waals surface area contributed by atoms with Crippen molar-refractivity contribution in [2.75, 3.05) is 20.8 Å². The smallest absolute Gasteiger partial charge is 0.337 e. The molecule has 1 aliphatic heterocycles. The second-order valence-corrected chi connectivity index (χ2v) is 7.18. The van der Waals surface area contributed by atoms with Gasteiger partial charge in [0.05, 0.1) is 36.7 Å². The van der Waals surface area contributed by atoms with E-state index in [1.54, 1.807) is 6.92 Å². The van der Waals surface area contributed by atoms with E-state index in [9.17, 15) is 19.7 Å². The van der Waals surface area contributed by atoms with E-state index in [1.165, 1.54) is 32.4 Å². The van der Waals surface area contributed by atoms with Crippen LogP contribution in [0.2, 0.25) is 0 Å². The summed E-state index contributed by atoms with van der Waals surface area (Å²) in [6, 6.07) is 2.69. The minimum absolute atomic E-state index is 0.0315. The Balaban J connectivity index is 2.30. The normalized spacial score (nSPS) is 18.2. The standard InChI is InChI=1S/C22H24N2O7/c1-5-9-31-22(26)19-12(2)23-14-7-6-8-16(25)21(14)20(19)13-10-17(29-3)18(30-4)11-15(13)24(27)28/h5,10-11,20,23H,1,6-9H2,2-4H3. The van der Waals surface area contributed by atoms with E-state index >= 15 is 0 Å². The van der Waals surface area contributed by atoms with E-state index < -0.39 is 16.8 Å². The Morgan fingerprint density at radius 3 is 2.58 bits per heavy atom. The zero-order chi connectivity index (χ0) is 22.7. The molecule has 1 unspecified atom stereocenters.